The fourth-order valence-electron chi connectivity index (χ4n) is 2.53. The molecule has 0 unspecified atom stereocenters. The van der Waals surface area contributed by atoms with E-state index >= 15 is 0 Å². The van der Waals surface area contributed by atoms with Gasteiger partial charge in [0.15, 0.2) is 11.4 Å². The van der Waals surface area contributed by atoms with E-state index in [1.165, 1.54) is 22.4 Å². The largest absolute Gasteiger partial charge is 0.496 e. The number of anilines is 1. The molecule has 6 nitrogen and oxygen atoms in total. The summed E-state index contributed by atoms with van der Waals surface area (Å²) in [6.07, 6.45) is 0.945. The second-order valence-electron chi connectivity index (χ2n) is 5.98. The summed E-state index contributed by atoms with van der Waals surface area (Å²) in [5.74, 6) is 1.29. The summed E-state index contributed by atoms with van der Waals surface area (Å²) in [6.45, 7) is 2.11. The third-order valence-electron chi connectivity index (χ3n) is 4.02. The van der Waals surface area contributed by atoms with Crippen LogP contribution in [0.3, 0.4) is 0 Å². The Morgan fingerprint density at radius 3 is 2.77 bits per heavy atom. The van der Waals surface area contributed by atoms with E-state index in [0.29, 0.717) is 17.0 Å². The first-order chi connectivity index (χ1) is 12.5. The van der Waals surface area contributed by atoms with Crippen LogP contribution in [0.5, 0.6) is 5.75 Å². The van der Waals surface area contributed by atoms with Gasteiger partial charge >= 0.3 is 0 Å². The highest BCUT2D eigenvalue weighted by molar-refractivity contribution is 8.00. The number of hydrogen-bond donors (Lipinski definition) is 1. The van der Waals surface area contributed by atoms with Crippen LogP contribution in [0.15, 0.2) is 45.8 Å². The van der Waals surface area contributed by atoms with Gasteiger partial charge in [0.1, 0.15) is 5.75 Å². The Balaban J connectivity index is 1.87. The Hall–Kier alpha value is -2.67. The Morgan fingerprint density at radius 1 is 1.27 bits per heavy atom. The summed E-state index contributed by atoms with van der Waals surface area (Å²) < 4.78 is 14.0. The standard InChI is InChI=1S/C19H21N3O3S/c1-5-12-6-8-16(24-4)17(10-12)26-21-18-14-11-13(19(23)22(2)3)7-9-15(14)25-20-18/h6-11H,5H2,1-4H3,(H,20,21). The van der Waals surface area contributed by atoms with Crippen molar-refractivity contribution in [2.24, 2.45) is 0 Å². The quantitative estimate of drug-likeness (QED) is 0.655. The van der Waals surface area contributed by atoms with Crippen LogP contribution in [-0.4, -0.2) is 37.2 Å². The highest BCUT2D eigenvalue weighted by Gasteiger charge is 2.14. The monoisotopic (exact) mass is 371 g/mol. The number of benzene rings is 2. The number of hydrogen-bond acceptors (Lipinski definition) is 6. The van der Waals surface area contributed by atoms with Gasteiger partial charge < -0.3 is 18.9 Å². The number of rotatable bonds is 6. The smallest absolute Gasteiger partial charge is 0.253 e. The fraction of sp³-hybridized carbons (Fsp3) is 0.263. The molecular formula is C19H21N3O3S. The van der Waals surface area contributed by atoms with Gasteiger partial charge in [0.2, 0.25) is 0 Å². The van der Waals surface area contributed by atoms with E-state index in [0.717, 1.165) is 22.5 Å². The maximum Gasteiger partial charge on any atom is 0.253 e. The molecule has 2 aromatic carbocycles. The lowest BCUT2D eigenvalue weighted by molar-refractivity contribution is 0.0828. The molecule has 0 saturated heterocycles. The van der Waals surface area contributed by atoms with E-state index in [-0.39, 0.29) is 5.91 Å². The number of aryl methyl sites for hydroxylation is 1. The highest BCUT2D eigenvalue weighted by atomic mass is 32.2. The van der Waals surface area contributed by atoms with Crippen molar-refractivity contribution in [1.82, 2.24) is 10.1 Å². The molecule has 0 aliphatic rings. The molecule has 1 heterocycles. The zero-order chi connectivity index (χ0) is 18.7. The van der Waals surface area contributed by atoms with Crippen molar-refractivity contribution in [3.8, 4) is 5.75 Å². The molecule has 0 aliphatic carbocycles. The molecular weight excluding hydrogens is 350 g/mol. The van der Waals surface area contributed by atoms with E-state index < -0.39 is 0 Å². The molecule has 0 bridgehead atoms. The van der Waals surface area contributed by atoms with Crippen molar-refractivity contribution in [3.05, 3.63) is 47.5 Å². The van der Waals surface area contributed by atoms with E-state index in [1.807, 2.05) is 12.1 Å². The van der Waals surface area contributed by atoms with Crippen molar-refractivity contribution in [2.75, 3.05) is 25.9 Å². The molecule has 0 atom stereocenters. The lowest BCUT2D eigenvalue weighted by atomic mass is 10.1. The SMILES string of the molecule is CCc1ccc(OC)c(SNc2noc3ccc(C(=O)N(C)C)cc23)c1. The number of nitrogens with one attached hydrogen (secondary N) is 1. The molecule has 3 aromatic rings. The number of aromatic nitrogens is 1. The van der Waals surface area contributed by atoms with Crippen LogP contribution in [0.4, 0.5) is 5.82 Å². The van der Waals surface area contributed by atoms with Gasteiger partial charge in [-0.15, -0.1) is 0 Å². The molecule has 7 heteroatoms. The second-order valence-corrected chi connectivity index (χ2v) is 6.83. The number of ether oxygens (including phenoxy) is 1. The summed E-state index contributed by atoms with van der Waals surface area (Å²) in [5.41, 5.74) is 2.43. The van der Waals surface area contributed by atoms with Crippen LogP contribution in [0.25, 0.3) is 11.0 Å². The maximum absolute atomic E-state index is 12.2. The molecule has 3 rings (SSSR count). The van der Waals surface area contributed by atoms with Crippen LogP contribution in [0.2, 0.25) is 0 Å². The van der Waals surface area contributed by atoms with E-state index in [2.05, 4.69) is 22.9 Å². The Morgan fingerprint density at radius 2 is 2.08 bits per heavy atom. The van der Waals surface area contributed by atoms with Gasteiger partial charge in [0.25, 0.3) is 5.91 Å². The summed E-state index contributed by atoms with van der Waals surface area (Å²) in [5, 5.41) is 4.84. The van der Waals surface area contributed by atoms with Crippen LogP contribution < -0.4 is 9.46 Å². The van der Waals surface area contributed by atoms with Gasteiger partial charge in [-0.2, -0.15) is 0 Å². The van der Waals surface area contributed by atoms with Crippen molar-refractivity contribution >= 4 is 34.6 Å². The molecule has 136 valence electrons. The maximum atomic E-state index is 12.2. The van der Waals surface area contributed by atoms with Crippen LogP contribution >= 0.6 is 11.9 Å². The topological polar surface area (TPSA) is 67.6 Å². The van der Waals surface area contributed by atoms with Crippen molar-refractivity contribution in [2.45, 2.75) is 18.2 Å². The van der Waals surface area contributed by atoms with Gasteiger partial charge in [0, 0.05) is 19.7 Å². The number of nitrogens with zero attached hydrogens (tertiary/aromatic N) is 2. The predicted octanol–water partition coefficient (Wildman–Crippen LogP) is 4.22. The van der Waals surface area contributed by atoms with Crippen LogP contribution in [-0.2, 0) is 6.42 Å². The number of fused-ring (bicyclic) bond motifs is 1. The van der Waals surface area contributed by atoms with E-state index in [9.17, 15) is 4.79 Å². The summed E-state index contributed by atoms with van der Waals surface area (Å²) in [6, 6.07) is 11.4. The van der Waals surface area contributed by atoms with Crippen LogP contribution in [0.1, 0.15) is 22.8 Å². The van der Waals surface area contributed by atoms with Crippen LogP contribution in [0, 0.1) is 0 Å². The second kappa shape index (κ2) is 7.70. The van der Waals surface area contributed by atoms with Gasteiger partial charge in [-0.05, 0) is 54.3 Å². The molecule has 1 amide bonds. The Kier molecular flexibility index (Phi) is 5.37. The van der Waals surface area contributed by atoms with Gasteiger partial charge in [-0.25, -0.2) is 0 Å². The first kappa shape index (κ1) is 18.1. The minimum Gasteiger partial charge on any atom is -0.496 e. The van der Waals surface area contributed by atoms with Crippen molar-refractivity contribution in [3.63, 3.8) is 0 Å². The predicted molar refractivity (Wildman–Crippen MR) is 104 cm³/mol. The summed E-state index contributed by atoms with van der Waals surface area (Å²) >= 11 is 1.40. The van der Waals surface area contributed by atoms with Crippen molar-refractivity contribution in [1.29, 1.82) is 0 Å². The molecule has 1 aromatic heterocycles. The molecule has 26 heavy (non-hydrogen) atoms. The van der Waals surface area contributed by atoms with Crippen molar-refractivity contribution < 1.29 is 14.1 Å². The van der Waals surface area contributed by atoms with Gasteiger partial charge in [-0.1, -0.05) is 18.1 Å². The normalized spacial score (nSPS) is 10.8. The summed E-state index contributed by atoms with van der Waals surface area (Å²) in [4.78, 5) is 14.7. The molecule has 0 spiro atoms. The van der Waals surface area contributed by atoms with Gasteiger partial charge in [-0.3, -0.25) is 4.79 Å². The first-order valence-corrected chi connectivity index (χ1v) is 9.06. The third-order valence-corrected chi connectivity index (χ3v) is 4.85. The number of carbonyl (C=O) groups is 1. The lowest BCUT2D eigenvalue weighted by Gasteiger charge is -2.11. The zero-order valence-electron chi connectivity index (χ0n) is 15.2. The lowest BCUT2D eigenvalue weighted by Crippen LogP contribution is -2.21. The van der Waals surface area contributed by atoms with E-state index in [1.54, 1.807) is 39.4 Å². The summed E-state index contributed by atoms with van der Waals surface area (Å²) in [7, 11) is 5.10. The fourth-order valence-corrected chi connectivity index (χ4v) is 3.34. The molecule has 0 saturated carbocycles. The molecule has 0 fully saturated rings. The number of amides is 1. The third kappa shape index (κ3) is 3.62. The minimum atomic E-state index is -0.0657. The van der Waals surface area contributed by atoms with Gasteiger partial charge in [0.05, 0.1) is 17.4 Å². The number of carbonyl (C=O) groups excluding carboxylic acids is 1. The Bertz CT molecular complexity index is 937. The average Bonchev–Trinajstić information content (AvgIpc) is 3.07. The molecule has 0 aliphatic heterocycles. The Labute approximate surface area is 156 Å². The minimum absolute atomic E-state index is 0.0657. The first-order valence-electron chi connectivity index (χ1n) is 8.24. The molecule has 0 radical (unpaired) electrons. The molecule has 1 N–H and O–H groups in total. The zero-order valence-corrected chi connectivity index (χ0v) is 16.0. The van der Waals surface area contributed by atoms with E-state index in [4.69, 9.17) is 9.26 Å². The highest BCUT2D eigenvalue weighted by Crippen LogP contribution is 2.33. The number of methoxy groups -OCH3 is 1. The average molecular weight is 371 g/mol.